The van der Waals surface area contributed by atoms with Crippen molar-refractivity contribution in [2.24, 2.45) is 16.3 Å². The molecule has 0 aromatic carbocycles. The van der Waals surface area contributed by atoms with Crippen molar-refractivity contribution in [1.82, 2.24) is 9.97 Å². The average Bonchev–Trinajstić information content (AvgIpc) is 2.36. The van der Waals surface area contributed by atoms with Crippen molar-refractivity contribution in [3.8, 4) is 0 Å². The number of oxime groups is 1. The molecule has 1 aromatic rings. The van der Waals surface area contributed by atoms with Crippen LogP contribution in [-0.2, 0) is 0 Å². The molecule has 0 amide bonds. The second-order valence-corrected chi connectivity index (χ2v) is 6.67. The fourth-order valence-corrected chi connectivity index (χ4v) is 2.80. The van der Waals surface area contributed by atoms with Gasteiger partial charge in [0, 0.05) is 22.6 Å². The van der Waals surface area contributed by atoms with Gasteiger partial charge >= 0.3 is 0 Å². The molecule has 0 fully saturated rings. The van der Waals surface area contributed by atoms with Gasteiger partial charge in [-0.1, -0.05) is 37.2 Å². The molecule has 0 aliphatic heterocycles. The first-order valence-electron chi connectivity index (χ1n) is 6.78. The molecule has 0 spiro atoms. The second kappa shape index (κ2) is 7.47. The maximum absolute atomic E-state index is 8.72. The van der Waals surface area contributed by atoms with Gasteiger partial charge in [-0.15, -0.1) is 0 Å². The summed E-state index contributed by atoms with van der Waals surface area (Å²) in [7, 11) is 0. The molecule has 0 unspecified atom stereocenters. The van der Waals surface area contributed by atoms with E-state index >= 15 is 0 Å². The molecular formula is C14H24N4OS. The Hall–Kier alpha value is -1.30. The quantitative estimate of drug-likeness (QED) is 0.154. The number of amidine groups is 1. The third kappa shape index (κ3) is 5.36. The Morgan fingerprint density at radius 1 is 1.30 bits per heavy atom. The lowest BCUT2D eigenvalue weighted by Crippen LogP contribution is -2.31. The Kier molecular flexibility index (Phi) is 6.26. The second-order valence-electron chi connectivity index (χ2n) is 5.61. The minimum atomic E-state index is -0.254. The molecule has 1 aromatic heterocycles. The van der Waals surface area contributed by atoms with E-state index in [1.807, 2.05) is 33.8 Å². The fraction of sp³-hybridized carbons (Fsp3) is 0.643. The number of rotatable bonds is 7. The van der Waals surface area contributed by atoms with Gasteiger partial charge < -0.3 is 10.9 Å². The van der Waals surface area contributed by atoms with Gasteiger partial charge in [-0.05, 0) is 32.8 Å². The molecule has 20 heavy (non-hydrogen) atoms. The van der Waals surface area contributed by atoms with E-state index in [0.717, 1.165) is 41.6 Å². The molecule has 0 saturated carbocycles. The summed E-state index contributed by atoms with van der Waals surface area (Å²) < 4.78 is 0. The molecule has 0 radical (unpaired) electrons. The number of unbranched alkanes of at least 4 members (excludes halogenated alkanes) is 1. The van der Waals surface area contributed by atoms with Crippen LogP contribution in [0.5, 0.6) is 0 Å². The number of aromatic nitrogens is 2. The van der Waals surface area contributed by atoms with Crippen LogP contribution in [-0.4, -0.2) is 26.8 Å². The summed E-state index contributed by atoms with van der Waals surface area (Å²) in [6, 6.07) is 1.98. The van der Waals surface area contributed by atoms with Crippen molar-refractivity contribution in [3.05, 3.63) is 17.5 Å². The van der Waals surface area contributed by atoms with Gasteiger partial charge in [-0.2, -0.15) is 0 Å². The van der Waals surface area contributed by atoms with Crippen LogP contribution in [0.1, 0.15) is 44.5 Å². The Labute approximate surface area is 125 Å². The molecule has 112 valence electrons. The Balaban J connectivity index is 2.32. The van der Waals surface area contributed by atoms with Gasteiger partial charge in [-0.25, -0.2) is 9.97 Å². The molecule has 6 heteroatoms. The summed E-state index contributed by atoms with van der Waals surface area (Å²) in [6.07, 6.45) is 2.99. The average molecular weight is 296 g/mol. The highest BCUT2D eigenvalue weighted by atomic mass is 32.2. The Morgan fingerprint density at radius 3 is 2.45 bits per heavy atom. The SMILES string of the molecule is Cc1cc(C)nc(SCCCCC(C)(C)/C(N)=N/O)n1. The first-order valence-corrected chi connectivity index (χ1v) is 7.77. The molecule has 0 aliphatic rings. The van der Waals surface area contributed by atoms with E-state index in [9.17, 15) is 0 Å². The Bertz CT molecular complexity index is 454. The summed E-state index contributed by atoms with van der Waals surface area (Å²) in [5.41, 5.74) is 7.43. The number of thioether (sulfide) groups is 1. The smallest absolute Gasteiger partial charge is 0.187 e. The monoisotopic (exact) mass is 296 g/mol. The van der Waals surface area contributed by atoms with E-state index in [1.165, 1.54) is 0 Å². The predicted octanol–water partition coefficient (Wildman–Crippen LogP) is 3.13. The third-order valence-corrected chi connectivity index (χ3v) is 4.12. The largest absolute Gasteiger partial charge is 0.409 e. The maximum atomic E-state index is 8.72. The van der Waals surface area contributed by atoms with Crippen molar-refractivity contribution in [1.29, 1.82) is 0 Å². The molecule has 0 bridgehead atoms. The lowest BCUT2D eigenvalue weighted by atomic mass is 9.86. The van der Waals surface area contributed by atoms with Gasteiger partial charge in [0.15, 0.2) is 5.16 Å². The zero-order chi connectivity index (χ0) is 15.2. The first kappa shape index (κ1) is 16.8. The highest BCUT2D eigenvalue weighted by molar-refractivity contribution is 7.99. The van der Waals surface area contributed by atoms with E-state index in [1.54, 1.807) is 11.8 Å². The van der Waals surface area contributed by atoms with Crippen LogP contribution in [0.4, 0.5) is 0 Å². The van der Waals surface area contributed by atoms with Gasteiger partial charge in [0.2, 0.25) is 0 Å². The standard InChI is InChI=1S/C14H24N4OS/c1-10-9-11(2)17-13(16-10)20-8-6-5-7-14(3,4)12(15)18-19/h9,19H,5-8H2,1-4H3,(H2,15,18). The van der Waals surface area contributed by atoms with Crippen LogP contribution >= 0.6 is 11.8 Å². The molecule has 3 N–H and O–H groups in total. The van der Waals surface area contributed by atoms with Crippen molar-refractivity contribution >= 4 is 17.6 Å². The van der Waals surface area contributed by atoms with Gasteiger partial charge in [0.05, 0.1) is 0 Å². The summed E-state index contributed by atoms with van der Waals surface area (Å²) in [5.74, 6) is 1.28. The van der Waals surface area contributed by atoms with Crippen LogP contribution in [0.3, 0.4) is 0 Å². The zero-order valence-corrected chi connectivity index (χ0v) is 13.5. The molecule has 0 atom stereocenters. The van der Waals surface area contributed by atoms with Crippen molar-refractivity contribution in [2.75, 3.05) is 5.75 Å². The number of hydrogen-bond acceptors (Lipinski definition) is 5. The highest BCUT2D eigenvalue weighted by Gasteiger charge is 2.22. The van der Waals surface area contributed by atoms with Gasteiger partial charge in [-0.3, -0.25) is 0 Å². The van der Waals surface area contributed by atoms with Crippen LogP contribution in [0, 0.1) is 19.3 Å². The molecule has 1 heterocycles. The van der Waals surface area contributed by atoms with E-state index in [-0.39, 0.29) is 5.41 Å². The number of nitrogens with zero attached hydrogens (tertiary/aromatic N) is 3. The van der Waals surface area contributed by atoms with Crippen molar-refractivity contribution in [3.63, 3.8) is 0 Å². The van der Waals surface area contributed by atoms with E-state index in [2.05, 4.69) is 15.1 Å². The number of hydrogen-bond donors (Lipinski definition) is 2. The Morgan fingerprint density at radius 2 is 1.90 bits per heavy atom. The van der Waals surface area contributed by atoms with Crippen LogP contribution in [0.15, 0.2) is 16.4 Å². The first-order chi connectivity index (χ1) is 9.35. The van der Waals surface area contributed by atoms with E-state index in [0.29, 0.717) is 5.84 Å². The van der Waals surface area contributed by atoms with Crippen LogP contribution in [0.2, 0.25) is 0 Å². The molecule has 5 nitrogen and oxygen atoms in total. The van der Waals surface area contributed by atoms with Crippen LogP contribution in [0.25, 0.3) is 0 Å². The minimum absolute atomic E-state index is 0.254. The molecular weight excluding hydrogens is 272 g/mol. The van der Waals surface area contributed by atoms with E-state index < -0.39 is 0 Å². The fourth-order valence-electron chi connectivity index (χ4n) is 1.85. The number of nitrogens with two attached hydrogens (primary N) is 1. The zero-order valence-electron chi connectivity index (χ0n) is 12.7. The summed E-state index contributed by atoms with van der Waals surface area (Å²) in [6.45, 7) is 7.95. The minimum Gasteiger partial charge on any atom is -0.409 e. The molecule has 0 aliphatic carbocycles. The van der Waals surface area contributed by atoms with Crippen LogP contribution < -0.4 is 5.73 Å². The maximum Gasteiger partial charge on any atom is 0.187 e. The highest BCUT2D eigenvalue weighted by Crippen LogP contribution is 2.24. The summed E-state index contributed by atoms with van der Waals surface area (Å²) in [4.78, 5) is 8.80. The van der Waals surface area contributed by atoms with E-state index in [4.69, 9.17) is 10.9 Å². The lowest BCUT2D eigenvalue weighted by molar-refractivity contribution is 0.304. The van der Waals surface area contributed by atoms with Gasteiger partial charge in [0.25, 0.3) is 0 Å². The molecule has 0 saturated heterocycles. The lowest BCUT2D eigenvalue weighted by Gasteiger charge is -2.22. The topological polar surface area (TPSA) is 84.4 Å². The predicted molar refractivity (Wildman–Crippen MR) is 83.3 cm³/mol. The van der Waals surface area contributed by atoms with Gasteiger partial charge in [0.1, 0.15) is 5.84 Å². The number of aryl methyl sites for hydroxylation is 2. The molecule has 1 rings (SSSR count). The summed E-state index contributed by atoms with van der Waals surface area (Å²) >= 11 is 1.68. The summed E-state index contributed by atoms with van der Waals surface area (Å²) in [5, 5.41) is 12.7. The third-order valence-electron chi connectivity index (χ3n) is 3.19. The van der Waals surface area contributed by atoms with Crippen molar-refractivity contribution in [2.45, 2.75) is 52.1 Å². The normalized spacial score (nSPS) is 12.7. The van der Waals surface area contributed by atoms with Crippen molar-refractivity contribution < 1.29 is 5.21 Å².